The van der Waals surface area contributed by atoms with E-state index in [2.05, 4.69) is 5.10 Å². The number of para-hydroxylation sites is 1. The number of carboxylic acid groups (broad SMARTS) is 1. The Morgan fingerprint density at radius 1 is 1.03 bits per heavy atom. The summed E-state index contributed by atoms with van der Waals surface area (Å²) in [6.07, 6.45) is -4.72. The molecule has 0 saturated carbocycles. The van der Waals surface area contributed by atoms with Crippen LogP contribution in [0.4, 0.5) is 13.2 Å². The molecule has 158 valence electrons. The molecule has 2 aromatic heterocycles. The first-order valence-electron chi connectivity index (χ1n) is 9.06. The van der Waals surface area contributed by atoms with E-state index in [9.17, 15) is 18.0 Å². The lowest BCUT2D eigenvalue weighted by molar-refractivity contribution is -0.141. The van der Waals surface area contributed by atoms with Crippen LogP contribution >= 0.6 is 22.9 Å². The Bertz CT molecular complexity index is 1260. The minimum Gasteiger partial charge on any atom is -0.481 e. The summed E-state index contributed by atoms with van der Waals surface area (Å²) < 4.78 is 41.3. The summed E-state index contributed by atoms with van der Waals surface area (Å²) in [7, 11) is 0. The van der Waals surface area contributed by atoms with Gasteiger partial charge < -0.3 is 5.11 Å². The fraction of sp³-hybridized carbons (Fsp3) is 0.0909. The molecule has 0 atom stereocenters. The molecule has 0 aliphatic heterocycles. The molecule has 0 fully saturated rings. The number of alkyl halides is 3. The molecule has 1 N–H and O–H groups in total. The van der Waals surface area contributed by atoms with Crippen molar-refractivity contribution in [1.29, 1.82) is 0 Å². The highest BCUT2D eigenvalue weighted by atomic mass is 35.5. The molecule has 0 saturated heterocycles. The molecule has 4 rings (SSSR count). The normalized spacial score (nSPS) is 11.6. The van der Waals surface area contributed by atoms with Crippen molar-refractivity contribution >= 4 is 28.9 Å². The lowest BCUT2D eigenvalue weighted by Crippen LogP contribution is -2.07. The molecule has 0 amide bonds. The van der Waals surface area contributed by atoms with Crippen molar-refractivity contribution < 1.29 is 23.1 Å². The zero-order valence-electron chi connectivity index (χ0n) is 15.7. The number of thiophene rings is 1. The van der Waals surface area contributed by atoms with Crippen LogP contribution in [0.25, 0.3) is 26.7 Å². The Morgan fingerprint density at radius 3 is 2.48 bits per heavy atom. The lowest BCUT2D eigenvalue weighted by atomic mass is 10.1. The SMILES string of the molecule is O=C(O)Cc1cccc(-c2ccc(-c3cc(C(F)(F)F)nn3-c3ccccc3Cl)s2)c1. The minimum atomic E-state index is -4.60. The van der Waals surface area contributed by atoms with Gasteiger partial charge in [0.25, 0.3) is 0 Å². The highest BCUT2D eigenvalue weighted by Crippen LogP contribution is 2.39. The van der Waals surface area contributed by atoms with Crippen LogP contribution in [-0.4, -0.2) is 20.9 Å². The molecule has 0 unspecified atom stereocenters. The Labute approximate surface area is 184 Å². The van der Waals surface area contributed by atoms with E-state index in [-0.39, 0.29) is 17.1 Å². The molecule has 0 spiro atoms. The van der Waals surface area contributed by atoms with Gasteiger partial charge in [0.1, 0.15) is 0 Å². The molecule has 9 heteroatoms. The van der Waals surface area contributed by atoms with Gasteiger partial charge >= 0.3 is 12.1 Å². The fourth-order valence-electron chi connectivity index (χ4n) is 3.14. The Kier molecular flexibility index (Phi) is 5.60. The molecule has 31 heavy (non-hydrogen) atoms. The third-order valence-corrected chi connectivity index (χ3v) is 5.98. The number of carboxylic acids is 1. The zero-order valence-corrected chi connectivity index (χ0v) is 17.3. The number of aliphatic carboxylic acids is 1. The van der Waals surface area contributed by atoms with Crippen molar-refractivity contribution in [3.63, 3.8) is 0 Å². The van der Waals surface area contributed by atoms with Crippen LogP contribution in [0, 0.1) is 0 Å². The van der Waals surface area contributed by atoms with Gasteiger partial charge in [-0.3, -0.25) is 4.79 Å². The van der Waals surface area contributed by atoms with Crippen LogP contribution in [0.2, 0.25) is 5.02 Å². The molecule has 4 aromatic rings. The first kappa shape index (κ1) is 21.1. The summed E-state index contributed by atoms with van der Waals surface area (Å²) >= 11 is 7.50. The van der Waals surface area contributed by atoms with Gasteiger partial charge in [-0.05, 0) is 47.5 Å². The van der Waals surface area contributed by atoms with Gasteiger partial charge in [-0.1, -0.05) is 41.9 Å². The predicted molar refractivity (Wildman–Crippen MR) is 114 cm³/mol. The van der Waals surface area contributed by atoms with Gasteiger partial charge in [0.2, 0.25) is 0 Å². The van der Waals surface area contributed by atoms with Crippen molar-refractivity contribution in [1.82, 2.24) is 9.78 Å². The van der Waals surface area contributed by atoms with Gasteiger partial charge in [-0.15, -0.1) is 11.3 Å². The topological polar surface area (TPSA) is 55.1 Å². The van der Waals surface area contributed by atoms with Crippen molar-refractivity contribution in [2.45, 2.75) is 12.6 Å². The molecule has 0 bridgehead atoms. The monoisotopic (exact) mass is 462 g/mol. The molecule has 2 heterocycles. The Balaban J connectivity index is 1.79. The van der Waals surface area contributed by atoms with E-state index >= 15 is 0 Å². The molecule has 0 radical (unpaired) electrons. The number of halogens is 4. The summed E-state index contributed by atoms with van der Waals surface area (Å²) in [5, 5.41) is 13.0. The van der Waals surface area contributed by atoms with Crippen LogP contribution in [0.3, 0.4) is 0 Å². The Hall–Kier alpha value is -3.10. The van der Waals surface area contributed by atoms with E-state index in [0.717, 1.165) is 16.5 Å². The molecule has 4 nitrogen and oxygen atoms in total. The second kappa shape index (κ2) is 8.20. The first-order chi connectivity index (χ1) is 14.7. The third-order valence-electron chi connectivity index (χ3n) is 4.51. The summed E-state index contributed by atoms with van der Waals surface area (Å²) in [6.45, 7) is 0. The number of nitrogens with zero attached hydrogens (tertiary/aromatic N) is 2. The average molecular weight is 463 g/mol. The van der Waals surface area contributed by atoms with Gasteiger partial charge in [-0.2, -0.15) is 18.3 Å². The maximum Gasteiger partial charge on any atom is 0.435 e. The smallest absolute Gasteiger partial charge is 0.435 e. The number of carbonyl (C=O) groups is 1. The highest BCUT2D eigenvalue weighted by Gasteiger charge is 2.35. The molecule has 2 aromatic carbocycles. The number of benzene rings is 2. The first-order valence-corrected chi connectivity index (χ1v) is 10.3. The van der Waals surface area contributed by atoms with Gasteiger partial charge in [-0.25, -0.2) is 4.68 Å². The van der Waals surface area contributed by atoms with Crippen molar-refractivity contribution in [2.24, 2.45) is 0 Å². The number of aromatic nitrogens is 2. The van der Waals surface area contributed by atoms with Crippen LogP contribution in [0.1, 0.15) is 11.3 Å². The predicted octanol–water partition coefficient (Wildman–Crippen LogP) is 6.57. The van der Waals surface area contributed by atoms with E-state index in [4.69, 9.17) is 16.7 Å². The molecule has 0 aliphatic carbocycles. The Morgan fingerprint density at radius 2 is 1.77 bits per heavy atom. The summed E-state index contributed by atoms with van der Waals surface area (Å²) in [5.74, 6) is -0.938. The van der Waals surface area contributed by atoms with Gasteiger partial charge in [0, 0.05) is 4.88 Å². The summed E-state index contributed by atoms with van der Waals surface area (Å²) in [6, 6.07) is 18.1. The van der Waals surface area contributed by atoms with Crippen molar-refractivity contribution in [3.8, 4) is 26.7 Å². The van der Waals surface area contributed by atoms with Crippen LogP contribution in [0.5, 0.6) is 0 Å². The fourth-order valence-corrected chi connectivity index (χ4v) is 4.36. The maximum atomic E-state index is 13.4. The molecular weight excluding hydrogens is 449 g/mol. The number of hydrogen-bond donors (Lipinski definition) is 1. The van der Waals surface area contributed by atoms with Gasteiger partial charge in [0.15, 0.2) is 5.69 Å². The van der Waals surface area contributed by atoms with E-state index in [1.807, 2.05) is 6.07 Å². The second-order valence-electron chi connectivity index (χ2n) is 6.71. The lowest BCUT2D eigenvalue weighted by Gasteiger charge is -2.08. The van der Waals surface area contributed by atoms with E-state index < -0.39 is 17.8 Å². The number of hydrogen-bond acceptors (Lipinski definition) is 3. The average Bonchev–Trinajstić information content (AvgIpc) is 3.35. The highest BCUT2D eigenvalue weighted by molar-refractivity contribution is 7.18. The quantitative estimate of drug-likeness (QED) is 0.365. The van der Waals surface area contributed by atoms with E-state index in [1.165, 1.54) is 16.0 Å². The van der Waals surface area contributed by atoms with Crippen molar-refractivity contribution in [2.75, 3.05) is 0 Å². The molecule has 0 aliphatic rings. The summed E-state index contributed by atoms with van der Waals surface area (Å²) in [4.78, 5) is 12.3. The van der Waals surface area contributed by atoms with Crippen LogP contribution in [0.15, 0.2) is 66.7 Å². The molecular formula is C22H14ClF3N2O2S. The van der Waals surface area contributed by atoms with Crippen LogP contribution < -0.4 is 0 Å². The minimum absolute atomic E-state index is 0.111. The maximum absolute atomic E-state index is 13.4. The van der Waals surface area contributed by atoms with Crippen molar-refractivity contribution in [3.05, 3.63) is 83.0 Å². The summed E-state index contributed by atoms with van der Waals surface area (Å²) in [5.41, 5.74) is 1.02. The second-order valence-corrected chi connectivity index (χ2v) is 8.20. The van der Waals surface area contributed by atoms with Crippen LogP contribution in [-0.2, 0) is 17.4 Å². The largest absolute Gasteiger partial charge is 0.481 e. The number of rotatable bonds is 5. The standard InChI is InChI=1S/C22H14ClF3N2O2S/c23-15-6-1-2-7-16(15)28-17(12-20(27-28)22(24,25)26)19-9-8-18(31-19)14-5-3-4-13(10-14)11-21(29)30/h1-10,12H,11H2,(H,29,30). The van der Waals surface area contributed by atoms with Gasteiger partial charge in [0.05, 0.1) is 27.7 Å². The van der Waals surface area contributed by atoms with E-state index in [0.29, 0.717) is 16.1 Å². The zero-order chi connectivity index (χ0) is 22.2. The van der Waals surface area contributed by atoms with E-state index in [1.54, 1.807) is 54.6 Å². The third kappa shape index (κ3) is 4.50.